The van der Waals surface area contributed by atoms with E-state index in [9.17, 15) is 14.7 Å². The van der Waals surface area contributed by atoms with Crippen LogP contribution in [0.2, 0.25) is 0 Å². The van der Waals surface area contributed by atoms with Gasteiger partial charge < -0.3 is 15.2 Å². The fourth-order valence-electron chi connectivity index (χ4n) is 3.79. The van der Waals surface area contributed by atoms with E-state index in [2.05, 4.69) is 5.32 Å². The number of amides is 1. The lowest BCUT2D eigenvalue weighted by molar-refractivity contribution is -0.151. The van der Waals surface area contributed by atoms with E-state index in [0.29, 0.717) is 12.8 Å². The van der Waals surface area contributed by atoms with Gasteiger partial charge in [0.05, 0.1) is 23.5 Å². The van der Waals surface area contributed by atoms with E-state index >= 15 is 0 Å². The molecule has 1 saturated heterocycles. The molecule has 0 bridgehead atoms. The first-order valence-electron chi connectivity index (χ1n) is 8.04. The smallest absolute Gasteiger partial charge is 0.311 e. The number of rotatable bonds is 4. The highest BCUT2D eigenvalue weighted by molar-refractivity contribution is 5.81. The molecule has 0 aromatic carbocycles. The summed E-state index contributed by atoms with van der Waals surface area (Å²) < 4.78 is 5.69. The van der Waals surface area contributed by atoms with Gasteiger partial charge in [-0.2, -0.15) is 0 Å². The molecule has 5 nitrogen and oxygen atoms in total. The summed E-state index contributed by atoms with van der Waals surface area (Å²) in [5.74, 6) is -0.869. The van der Waals surface area contributed by atoms with E-state index in [1.54, 1.807) is 0 Å². The van der Waals surface area contributed by atoms with Crippen molar-refractivity contribution in [3.8, 4) is 0 Å². The number of aliphatic carboxylic acids is 1. The Morgan fingerprint density at radius 2 is 1.76 bits per heavy atom. The monoisotopic (exact) mass is 297 g/mol. The van der Waals surface area contributed by atoms with Crippen LogP contribution >= 0.6 is 0 Å². The molecular weight excluding hydrogens is 270 g/mol. The second-order valence-electron chi connectivity index (χ2n) is 6.80. The van der Waals surface area contributed by atoms with Gasteiger partial charge in [-0.1, -0.05) is 26.2 Å². The van der Waals surface area contributed by atoms with Crippen LogP contribution in [0.15, 0.2) is 0 Å². The Kier molecular flexibility index (Phi) is 4.91. The lowest BCUT2D eigenvalue weighted by atomic mass is 9.74. The molecule has 4 unspecified atom stereocenters. The van der Waals surface area contributed by atoms with E-state index in [1.807, 2.05) is 20.8 Å². The van der Waals surface area contributed by atoms with Crippen molar-refractivity contribution >= 4 is 11.9 Å². The number of carboxylic acids is 1. The number of carbonyl (C=O) groups excluding carboxylic acids is 1. The maximum Gasteiger partial charge on any atom is 0.311 e. The fourth-order valence-corrected chi connectivity index (χ4v) is 3.79. The number of hydrogen-bond acceptors (Lipinski definition) is 3. The molecule has 1 saturated carbocycles. The average Bonchev–Trinajstić information content (AvgIpc) is 2.70. The van der Waals surface area contributed by atoms with Crippen molar-refractivity contribution in [2.45, 2.75) is 65.1 Å². The zero-order valence-electron chi connectivity index (χ0n) is 13.2. The summed E-state index contributed by atoms with van der Waals surface area (Å²) in [5.41, 5.74) is -0.772. The number of ether oxygens (including phenoxy) is 1. The summed E-state index contributed by atoms with van der Waals surface area (Å²) in [7, 11) is 0. The fraction of sp³-hybridized carbons (Fsp3) is 0.875. The molecule has 0 spiro atoms. The van der Waals surface area contributed by atoms with Gasteiger partial charge in [0.1, 0.15) is 0 Å². The summed E-state index contributed by atoms with van der Waals surface area (Å²) in [6, 6.07) is 0. The van der Waals surface area contributed by atoms with E-state index in [-0.39, 0.29) is 36.5 Å². The van der Waals surface area contributed by atoms with Gasteiger partial charge in [-0.15, -0.1) is 0 Å². The molecular formula is C16H27NO4. The van der Waals surface area contributed by atoms with E-state index < -0.39 is 11.4 Å². The highest BCUT2D eigenvalue weighted by Gasteiger charge is 2.44. The minimum atomic E-state index is -0.778. The third-order valence-corrected chi connectivity index (χ3v) is 5.41. The summed E-state index contributed by atoms with van der Waals surface area (Å²) in [4.78, 5) is 24.1. The van der Waals surface area contributed by atoms with Crippen molar-refractivity contribution in [2.75, 3.05) is 6.54 Å². The van der Waals surface area contributed by atoms with Gasteiger partial charge in [0.25, 0.3) is 0 Å². The van der Waals surface area contributed by atoms with Crippen LogP contribution < -0.4 is 5.32 Å². The maximum absolute atomic E-state index is 12.4. The molecule has 21 heavy (non-hydrogen) atoms. The Morgan fingerprint density at radius 3 is 2.24 bits per heavy atom. The predicted molar refractivity (Wildman–Crippen MR) is 78.8 cm³/mol. The number of hydrogen-bond donors (Lipinski definition) is 2. The third kappa shape index (κ3) is 3.23. The van der Waals surface area contributed by atoms with Crippen molar-refractivity contribution in [1.82, 2.24) is 5.32 Å². The number of carboxylic acid groups (broad SMARTS) is 1. The Morgan fingerprint density at radius 1 is 1.14 bits per heavy atom. The minimum Gasteiger partial charge on any atom is -0.481 e. The second-order valence-corrected chi connectivity index (χ2v) is 6.80. The molecule has 4 atom stereocenters. The van der Waals surface area contributed by atoms with Crippen LogP contribution in [0.3, 0.4) is 0 Å². The zero-order valence-corrected chi connectivity index (χ0v) is 13.2. The quantitative estimate of drug-likeness (QED) is 0.834. The largest absolute Gasteiger partial charge is 0.481 e. The first-order valence-corrected chi connectivity index (χ1v) is 8.04. The van der Waals surface area contributed by atoms with Gasteiger partial charge in [0.2, 0.25) is 5.91 Å². The summed E-state index contributed by atoms with van der Waals surface area (Å²) in [6.45, 7) is 6.16. The predicted octanol–water partition coefficient (Wildman–Crippen LogP) is 2.20. The van der Waals surface area contributed by atoms with Gasteiger partial charge in [-0.05, 0) is 32.6 Å². The van der Waals surface area contributed by atoms with Gasteiger partial charge in [-0.25, -0.2) is 0 Å². The topological polar surface area (TPSA) is 75.6 Å². The van der Waals surface area contributed by atoms with Crippen molar-refractivity contribution in [2.24, 2.45) is 17.3 Å². The minimum absolute atomic E-state index is 0.0643. The van der Waals surface area contributed by atoms with Crippen molar-refractivity contribution in [3.05, 3.63) is 0 Å². The normalized spacial score (nSPS) is 35.4. The molecule has 0 aromatic heterocycles. The summed E-state index contributed by atoms with van der Waals surface area (Å²) in [6.07, 6.45) is 4.22. The molecule has 2 aliphatic rings. The molecule has 1 amide bonds. The van der Waals surface area contributed by atoms with E-state index in [0.717, 1.165) is 19.3 Å². The molecule has 2 rings (SSSR count). The molecule has 2 N–H and O–H groups in total. The average molecular weight is 297 g/mol. The van der Waals surface area contributed by atoms with Crippen molar-refractivity contribution < 1.29 is 19.4 Å². The molecule has 1 aliphatic carbocycles. The van der Waals surface area contributed by atoms with Crippen LogP contribution in [0.5, 0.6) is 0 Å². The summed E-state index contributed by atoms with van der Waals surface area (Å²) in [5, 5.41) is 12.4. The molecule has 1 aliphatic heterocycles. The lowest BCUT2D eigenvalue weighted by Gasteiger charge is -2.33. The van der Waals surface area contributed by atoms with Gasteiger partial charge in [-0.3, -0.25) is 9.59 Å². The second kappa shape index (κ2) is 6.34. The van der Waals surface area contributed by atoms with Crippen molar-refractivity contribution in [3.63, 3.8) is 0 Å². The van der Waals surface area contributed by atoms with Gasteiger partial charge in [0, 0.05) is 6.54 Å². The van der Waals surface area contributed by atoms with Gasteiger partial charge in [0.15, 0.2) is 0 Å². The van der Waals surface area contributed by atoms with Crippen LogP contribution in [0.1, 0.15) is 52.9 Å². The van der Waals surface area contributed by atoms with Crippen LogP contribution in [0, 0.1) is 17.3 Å². The molecule has 120 valence electrons. The Bertz CT molecular complexity index is 403. The van der Waals surface area contributed by atoms with E-state index in [4.69, 9.17) is 4.74 Å². The van der Waals surface area contributed by atoms with E-state index in [1.165, 1.54) is 0 Å². The third-order valence-electron chi connectivity index (χ3n) is 5.41. The van der Waals surface area contributed by atoms with Crippen LogP contribution in [0.25, 0.3) is 0 Å². The maximum atomic E-state index is 12.4. The molecule has 0 radical (unpaired) electrons. The SMILES string of the molecule is CC1OC(C)C(C(=O)NCC2(C(=O)O)CCCCC2)C1C. The standard InChI is InChI=1S/C16H27NO4/c1-10-11(2)21-12(3)13(10)14(18)17-9-16(15(19)20)7-5-4-6-8-16/h10-13H,4-9H2,1-3H3,(H,17,18)(H,19,20). The lowest BCUT2D eigenvalue weighted by Crippen LogP contribution is -2.47. The highest BCUT2D eigenvalue weighted by atomic mass is 16.5. The Labute approximate surface area is 126 Å². The Hall–Kier alpha value is -1.10. The molecule has 0 aromatic rings. The van der Waals surface area contributed by atoms with Crippen LogP contribution in [0.4, 0.5) is 0 Å². The first-order chi connectivity index (χ1) is 9.87. The number of carbonyl (C=O) groups is 2. The Balaban J connectivity index is 1.98. The van der Waals surface area contributed by atoms with Crippen LogP contribution in [-0.2, 0) is 14.3 Å². The van der Waals surface area contributed by atoms with Gasteiger partial charge >= 0.3 is 5.97 Å². The number of nitrogens with one attached hydrogen (secondary N) is 1. The first kappa shape index (κ1) is 16.3. The summed E-state index contributed by atoms with van der Waals surface area (Å²) >= 11 is 0. The molecule has 5 heteroatoms. The zero-order chi connectivity index (χ0) is 15.6. The highest BCUT2D eigenvalue weighted by Crippen LogP contribution is 2.37. The molecule has 2 fully saturated rings. The molecule has 1 heterocycles. The van der Waals surface area contributed by atoms with Crippen LogP contribution in [-0.4, -0.2) is 35.7 Å². The van der Waals surface area contributed by atoms with Crippen molar-refractivity contribution in [1.29, 1.82) is 0 Å².